The van der Waals surface area contributed by atoms with E-state index in [1.54, 1.807) is 0 Å². The molecule has 1 fully saturated rings. The Morgan fingerprint density at radius 1 is 0.800 bits per heavy atom. The van der Waals surface area contributed by atoms with Gasteiger partial charge in [-0.15, -0.1) is 0 Å². The summed E-state index contributed by atoms with van der Waals surface area (Å²) >= 11 is 5.84. The Bertz CT molecular complexity index is 491. The van der Waals surface area contributed by atoms with Crippen molar-refractivity contribution < 1.29 is 0 Å². The predicted molar refractivity (Wildman–Crippen MR) is 113 cm³/mol. The van der Waals surface area contributed by atoms with Gasteiger partial charge in [0.05, 0.1) is 13.3 Å². The van der Waals surface area contributed by atoms with Crippen LogP contribution in [0.25, 0.3) is 0 Å². The summed E-state index contributed by atoms with van der Waals surface area (Å²) in [6.07, 6.45) is 10.4. The fraction of sp³-hybridized carbons (Fsp3) is 0.667. The van der Waals surface area contributed by atoms with E-state index in [0.29, 0.717) is 0 Å². The highest BCUT2D eigenvalue weighted by Crippen LogP contribution is 2.21. The van der Waals surface area contributed by atoms with Gasteiger partial charge < -0.3 is 9.80 Å². The number of benzene rings is 1. The molecule has 3 nitrogen and oxygen atoms in total. The number of anilines is 1. The van der Waals surface area contributed by atoms with Crippen LogP contribution in [-0.4, -0.2) is 41.3 Å². The minimum absolute atomic E-state index is 0.917. The van der Waals surface area contributed by atoms with Crippen molar-refractivity contribution in [2.45, 2.75) is 65.2 Å². The first kappa shape index (κ1) is 20.2. The van der Waals surface area contributed by atoms with E-state index in [9.17, 15) is 0 Å². The highest BCUT2D eigenvalue weighted by molar-refractivity contribution is 7.80. The molecule has 0 radical (unpaired) electrons. The lowest BCUT2D eigenvalue weighted by molar-refractivity contribution is 0.163. The number of unbranched alkanes of at least 4 members (excludes halogenated alkanes) is 6. The maximum atomic E-state index is 5.84. The third-order valence-corrected chi connectivity index (χ3v) is 5.37. The molecule has 0 amide bonds. The smallest absolute Gasteiger partial charge is 0.178 e. The molecule has 0 spiro atoms. The standard InChI is InChI=1S/C21H35N3S/c1-3-5-7-12-16-22-18-23(17-13-8-6-4-2)21(25)24(19-22)20-14-10-9-11-15-20/h9-11,14-15H,3-8,12-13,16-19H2,1-2H3. The summed E-state index contributed by atoms with van der Waals surface area (Å²) < 4.78 is 0. The topological polar surface area (TPSA) is 9.72 Å². The molecule has 0 N–H and O–H groups in total. The van der Waals surface area contributed by atoms with Crippen LogP contribution in [0.1, 0.15) is 65.2 Å². The van der Waals surface area contributed by atoms with Crippen LogP contribution < -0.4 is 4.90 Å². The van der Waals surface area contributed by atoms with Crippen molar-refractivity contribution in [3.05, 3.63) is 30.3 Å². The van der Waals surface area contributed by atoms with Gasteiger partial charge in [0.1, 0.15) is 0 Å². The molecule has 1 aliphatic heterocycles. The van der Waals surface area contributed by atoms with Crippen molar-refractivity contribution in [3.63, 3.8) is 0 Å². The number of hydrogen-bond donors (Lipinski definition) is 0. The van der Waals surface area contributed by atoms with Gasteiger partial charge in [-0.25, -0.2) is 0 Å². The lowest BCUT2D eigenvalue weighted by atomic mass is 10.2. The fourth-order valence-corrected chi connectivity index (χ4v) is 3.69. The largest absolute Gasteiger partial charge is 0.336 e. The average Bonchev–Trinajstić information content (AvgIpc) is 2.65. The molecule has 1 aliphatic rings. The maximum Gasteiger partial charge on any atom is 0.178 e. The number of hydrogen-bond acceptors (Lipinski definition) is 2. The lowest BCUT2D eigenvalue weighted by Gasteiger charge is -2.44. The first-order valence-corrected chi connectivity index (χ1v) is 10.5. The third-order valence-electron chi connectivity index (χ3n) is 4.89. The van der Waals surface area contributed by atoms with E-state index in [4.69, 9.17) is 12.2 Å². The Morgan fingerprint density at radius 2 is 1.44 bits per heavy atom. The van der Waals surface area contributed by atoms with Gasteiger partial charge in [-0.3, -0.25) is 4.90 Å². The van der Waals surface area contributed by atoms with Crippen LogP contribution in [0.3, 0.4) is 0 Å². The fourth-order valence-electron chi connectivity index (χ4n) is 3.38. The Labute approximate surface area is 160 Å². The molecular formula is C21H35N3S. The molecule has 1 aromatic carbocycles. The van der Waals surface area contributed by atoms with Crippen molar-refractivity contribution in [1.29, 1.82) is 0 Å². The molecule has 0 aromatic heterocycles. The maximum absolute atomic E-state index is 5.84. The van der Waals surface area contributed by atoms with Crippen LogP contribution in [-0.2, 0) is 0 Å². The summed E-state index contributed by atoms with van der Waals surface area (Å²) in [5, 5.41) is 0.993. The molecule has 1 heterocycles. The molecule has 25 heavy (non-hydrogen) atoms. The normalized spacial score (nSPS) is 15.8. The van der Waals surface area contributed by atoms with E-state index >= 15 is 0 Å². The van der Waals surface area contributed by atoms with Gasteiger partial charge in [-0.2, -0.15) is 0 Å². The Balaban J connectivity index is 1.98. The molecule has 0 saturated carbocycles. The Morgan fingerprint density at radius 3 is 2.08 bits per heavy atom. The van der Waals surface area contributed by atoms with E-state index in [1.165, 1.54) is 57.1 Å². The second kappa shape index (κ2) is 11.5. The molecule has 140 valence electrons. The molecule has 1 aromatic rings. The van der Waals surface area contributed by atoms with Gasteiger partial charge >= 0.3 is 0 Å². The van der Waals surface area contributed by atoms with Crippen molar-refractivity contribution in [2.24, 2.45) is 0 Å². The zero-order valence-corrected chi connectivity index (χ0v) is 16.9. The first-order chi connectivity index (χ1) is 12.3. The monoisotopic (exact) mass is 361 g/mol. The molecule has 0 bridgehead atoms. The number of para-hydroxylation sites is 1. The van der Waals surface area contributed by atoms with Crippen LogP contribution in [0.15, 0.2) is 30.3 Å². The molecule has 4 heteroatoms. The summed E-state index contributed by atoms with van der Waals surface area (Å²) in [4.78, 5) is 7.26. The summed E-state index contributed by atoms with van der Waals surface area (Å²) in [5.41, 5.74) is 1.21. The third kappa shape index (κ3) is 6.59. The van der Waals surface area contributed by atoms with Gasteiger partial charge in [0, 0.05) is 18.8 Å². The molecule has 0 atom stereocenters. The number of rotatable bonds is 11. The van der Waals surface area contributed by atoms with E-state index < -0.39 is 0 Å². The lowest BCUT2D eigenvalue weighted by Crippen LogP contribution is -2.58. The van der Waals surface area contributed by atoms with Crippen molar-refractivity contribution in [2.75, 3.05) is 31.3 Å². The van der Waals surface area contributed by atoms with Crippen molar-refractivity contribution >= 4 is 23.0 Å². The van der Waals surface area contributed by atoms with Crippen molar-refractivity contribution in [3.8, 4) is 0 Å². The summed E-state index contributed by atoms with van der Waals surface area (Å²) in [5.74, 6) is 0. The second-order valence-corrected chi connectivity index (χ2v) is 7.47. The average molecular weight is 362 g/mol. The van der Waals surface area contributed by atoms with Gasteiger partial charge in [-0.1, -0.05) is 70.6 Å². The quantitative estimate of drug-likeness (QED) is 0.382. The van der Waals surface area contributed by atoms with Crippen molar-refractivity contribution in [1.82, 2.24) is 9.80 Å². The molecule has 2 rings (SSSR count). The van der Waals surface area contributed by atoms with E-state index in [1.807, 2.05) is 0 Å². The SMILES string of the molecule is CCCCCCN1CN(CCCCCC)C(=S)N(c2ccccc2)C1. The van der Waals surface area contributed by atoms with Crippen LogP contribution in [0.5, 0.6) is 0 Å². The minimum atomic E-state index is 0.917. The van der Waals surface area contributed by atoms with E-state index in [-0.39, 0.29) is 0 Å². The van der Waals surface area contributed by atoms with E-state index in [0.717, 1.165) is 31.5 Å². The van der Waals surface area contributed by atoms with Gasteiger partial charge in [-0.05, 0) is 37.2 Å². The Kier molecular flexibility index (Phi) is 9.27. The molecule has 0 unspecified atom stereocenters. The molecule has 1 saturated heterocycles. The highest BCUT2D eigenvalue weighted by Gasteiger charge is 2.27. The Hall–Kier alpha value is -1.13. The predicted octanol–water partition coefficient (Wildman–Crippen LogP) is 5.47. The zero-order valence-electron chi connectivity index (χ0n) is 16.1. The number of thiocarbonyl (C=S) groups is 1. The van der Waals surface area contributed by atoms with Crippen LogP contribution >= 0.6 is 12.2 Å². The summed E-state index contributed by atoms with van der Waals surface area (Å²) in [6.45, 7) is 8.68. The summed E-state index contributed by atoms with van der Waals surface area (Å²) in [7, 11) is 0. The summed E-state index contributed by atoms with van der Waals surface area (Å²) in [6, 6.07) is 10.6. The minimum Gasteiger partial charge on any atom is -0.336 e. The van der Waals surface area contributed by atoms with Gasteiger partial charge in [0.2, 0.25) is 0 Å². The second-order valence-electron chi connectivity index (χ2n) is 7.11. The van der Waals surface area contributed by atoms with Gasteiger partial charge in [0.25, 0.3) is 0 Å². The number of nitrogens with zero attached hydrogens (tertiary/aromatic N) is 3. The first-order valence-electron chi connectivity index (χ1n) is 10.1. The highest BCUT2D eigenvalue weighted by atomic mass is 32.1. The van der Waals surface area contributed by atoms with E-state index in [2.05, 4.69) is 58.9 Å². The molecule has 0 aliphatic carbocycles. The molecular weight excluding hydrogens is 326 g/mol. The van der Waals surface area contributed by atoms with Crippen LogP contribution in [0, 0.1) is 0 Å². The van der Waals surface area contributed by atoms with Gasteiger partial charge in [0.15, 0.2) is 5.11 Å². The zero-order chi connectivity index (χ0) is 17.9. The van der Waals surface area contributed by atoms with Crippen LogP contribution in [0.4, 0.5) is 5.69 Å². The van der Waals surface area contributed by atoms with Crippen LogP contribution in [0.2, 0.25) is 0 Å².